The van der Waals surface area contributed by atoms with E-state index in [-0.39, 0.29) is 17.9 Å². The number of phenols is 1. The van der Waals surface area contributed by atoms with E-state index >= 15 is 0 Å². The molecule has 1 saturated heterocycles. The van der Waals surface area contributed by atoms with Crippen molar-refractivity contribution < 1.29 is 15.1 Å². The van der Waals surface area contributed by atoms with E-state index in [2.05, 4.69) is 31.7 Å². The van der Waals surface area contributed by atoms with Crippen molar-refractivity contribution in [2.45, 2.75) is 71.4 Å². The predicted octanol–water partition coefficient (Wildman–Crippen LogP) is 4.98. The summed E-state index contributed by atoms with van der Waals surface area (Å²) in [6, 6.07) is 6.23. The second-order valence-corrected chi connectivity index (χ2v) is 11.1. The van der Waals surface area contributed by atoms with Crippen molar-refractivity contribution in [1.82, 2.24) is 14.9 Å². The molecule has 6 heteroatoms. The predicted molar refractivity (Wildman–Crippen MR) is 142 cm³/mol. The molecule has 4 aliphatic rings. The molecule has 0 spiro atoms. The number of benzene rings is 1. The molecule has 194 valence electrons. The lowest BCUT2D eigenvalue weighted by molar-refractivity contribution is -0.136. The summed E-state index contributed by atoms with van der Waals surface area (Å²) in [4.78, 5) is 18.3. The number of hydrogen-bond donors (Lipinski definition) is 2. The van der Waals surface area contributed by atoms with Gasteiger partial charge in [0.1, 0.15) is 11.4 Å². The topological polar surface area (TPSA) is 67.2 Å². The number of nitrogens with zero attached hydrogens (tertiary/aromatic N) is 3. The number of rotatable bonds is 5. The largest absolute Gasteiger partial charge is 0.508 e. The zero-order valence-corrected chi connectivity index (χ0v) is 22.0. The molecule has 3 heterocycles. The van der Waals surface area contributed by atoms with Gasteiger partial charge in [0.15, 0.2) is 0 Å². The van der Waals surface area contributed by atoms with Crippen LogP contribution in [-0.4, -0.2) is 69.3 Å². The highest BCUT2D eigenvalue weighted by atomic mass is 16.5. The van der Waals surface area contributed by atoms with Crippen molar-refractivity contribution in [1.29, 1.82) is 0 Å². The van der Waals surface area contributed by atoms with Crippen LogP contribution in [0.15, 0.2) is 47.7 Å². The Labute approximate surface area is 215 Å². The average molecular weight is 492 g/mol. The Balaban J connectivity index is 1.56. The summed E-state index contributed by atoms with van der Waals surface area (Å²) in [5.41, 5.74) is 5.38. The number of phenolic OH excluding ortho intramolecular Hbond substituents is 1. The molecule has 1 aliphatic carbocycles. The summed E-state index contributed by atoms with van der Waals surface area (Å²) in [6.07, 6.45) is 12.1. The normalized spacial score (nSPS) is 29.4. The fourth-order valence-electron chi connectivity index (χ4n) is 6.43. The highest BCUT2D eigenvalue weighted by molar-refractivity contribution is 5.94. The third kappa shape index (κ3) is 4.98. The number of carbonyl (C=O) groups is 1. The summed E-state index contributed by atoms with van der Waals surface area (Å²) >= 11 is 0. The van der Waals surface area contributed by atoms with E-state index < -0.39 is 0 Å². The summed E-state index contributed by atoms with van der Waals surface area (Å²) in [7, 11) is 0. The van der Waals surface area contributed by atoms with Crippen molar-refractivity contribution in [3.8, 4) is 5.75 Å². The molecule has 1 aromatic carbocycles. The maximum atomic E-state index is 13.6. The number of allylic oxidation sites excluding steroid dienone is 2. The molecule has 1 amide bonds. The van der Waals surface area contributed by atoms with Crippen LogP contribution >= 0.6 is 0 Å². The van der Waals surface area contributed by atoms with Crippen molar-refractivity contribution in [3.05, 3.63) is 58.8 Å². The van der Waals surface area contributed by atoms with Crippen LogP contribution in [0.25, 0.3) is 5.57 Å². The minimum Gasteiger partial charge on any atom is -0.508 e. The SMILES string of the molecule is CCc1ccc(O)cc1/C1=C2\C(C)N(C(=O)C3=CC=CCN3O)C[C@H]2CCC(C)N(CC2CC2)CC1. The summed E-state index contributed by atoms with van der Waals surface area (Å²) in [5, 5.41) is 21.9. The van der Waals surface area contributed by atoms with E-state index in [1.54, 1.807) is 12.1 Å². The van der Waals surface area contributed by atoms with Crippen molar-refractivity contribution >= 4 is 11.5 Å². The highest BCUT2D eigenvalue weighted by Gasteiger charge is 2.41. The minimum atomic E-state index is -0.110. The third-order valence-electron chi connectivity index (χ3n) is 8.74. The molecular formula is C30H41N3O3. The fourth-order valence-corrected chi connectivity index (χ4v) is 6.43. The average Bonchev–Trinajstić information content (AvgIpc) is 3.62. The number of aryl methyl sites for hydroxylation is 1. The van der Waals surface area contributed by atoms with Gasteiger partial charge in [-0.15, -0.1) is 0 Å². The van der Waals surface area contributed by atoms with Crippen LogP contribution in [0.5, 0.6) is 5.75 Å². The zero-order chi connectivity index (χ0) is 25.4. The second-order valence-electron chi connectivity index (χ2n) is 11.1. The number of amides is 1. The quantitative estimate of drug-likeness (QED) is 0.608. The van der Waals surface area contributed by atoms with Gasteiger partial charge in [0.25, 0.3) is 5.91 Å². The molecule has 1 aromatic rings. The van der Waals surface area contributed by atoms with Gasteiger partial charge in [-0.3, -0.25) is 10.0 Å². The highest BCUT2D eigenvalue weighted by Crippen LogP contribution is 2.43. The number of fused-ring (bicyclic) bond motifs is 1. The molecule has 6 nitrogen and oxygen atoms in total. The molecule has 0 bridgehead atoms. The van der Waals surface area contributed by atoms with Crippen molar-refractivity contribution in [2.75, 3.05) is 26.2 Å². The molecule has 2 fully saturated rings. The lowest BCUT2D eigenvalue weighted by atomic mass is 9.84. The first-order chi connectivity index (χ1) is 17.4. The first kappa shape index (κ1) is 25.1. The molecule has 36 heavy (non-hydrogen) atoms. The monoisotopic (exact) mass is 491 g/mol. The Hall–Kier alpha value is -2.57. The first-order valence-corrected chi connectivity index (χ1v) is 13.8. The van der Waals surface area contributed by atoms with E-state index in [1.165, 1.54) is 36.1 Å². The Morgan fingerprint density at radius 3 is 2.67 bits per heavy atom. The number of carbonyl (C=O) groups excluding carboxylic acids is 1. The Bertz CT molecular complexity index is 1090. The number of hydroxylamine groups is 2. The lowest BCUT2D eigenvalue weighted by Gasteiger charge is -2.30. The van der Waals surface area contributed by atoms with Gasteiger partial charge in [-0.25, -0.2) is 5.06 Å². The summed E-state index contributed by atoms with van der Waals surface area (Å²) < 4.78 is 0. The molecule has 1 saturated carbocycles. The molecule has 2 unspecified atom stereocenters. The van der Waals surface area contributed by atoms with Gasteiger partial charge in [-0.1, -0.05) is 25.1 Å². The van der Waals surface area contributed by atoms with E-state index in [0.29, 0.717) is 30.6 Å². The van der Waals surface area contributed by atoms with Gasteiger partial charge in [0.2, 0.25) is 0 Å². The van der Waals surface area contributed by atoms with Gasteiger partial charge in [0.05, 0.1) is 12.6 Å². The van der Waals surface area contributed by atoms with Gasteiger partial charge in [0, 0.05) is 31.6 Å². The maximum absolute atomic E-state index is 13.6. The van der Waals surface area contributed by atoms with Crippen LogP contribution in [-0.2, 0) is 11.2 Å². The minimum absolute atomic E-state index is 0.0601. The summed E-state index contributed by atoms with van der Waals surface area (Å²) in [6.45, 7) is 9.86. The van der Waals surface area contributed by atoms with Crippen molar-refractivity contribution in [3.63, 3.8) is 0 Å². The van der Waals surface area contributed by atoms with E-state index in [0.717, 1.165) is 48.8 Å². The second kappa shape index (κ2) is 10.4. The third-order valence-corrected chi connectivity index (χ3v) is 8.74. The zero-order valence-electron chi connectivity index (χ0n) is 22.0. The van der Waals surface area contributed by atoms with Gasteiger partial charge >= 0.3 is 0 Å². The lowest BCUT2D eigenvalue weighted by Crippen LogP contribution is -2.40. The van der Waals surface area contributed by atoms with Crippen LogP contribution in [0, 0.1) is 11.8 Å². The maximum Gasteiger partial charge on any atom is 0.273 e. The number of likely N-dealkylation sites (tertiary alicyclic amines) is 1. The van der Waals surface area contributed by atoms with Gasteiger partial charge in [-0.2, -0.15) is 0 Å². The number of aromatic hydroxyl groups is 1. The molecular weight excluding hydrogens is 450 g/mol. The summed E-state index contributed by atoms with van der Waals surface area (Å²) in [5.74, 6) is 1.31. The van der Waals surface area contributed by atoms with Crippen LogP contribution in [0.2, 0.25) is 0 Å². The Morgan fingerprint density at radius 2 is 1.94 bits per heavy atom. The van der Waals surface area contributed by atoms with E-state index in [4.69, 9.17) is 0 Å². The fraction of sp³-hybridized carbons (Fsp3) is 0.567. The van der Waals surface area contributed by atoms with Crippen molar-refractivity contribution in [2.24, 2.45) is 11.8 Å². The number of hydrogen-bond acceptors (Lipinski definition) is 5. The smallest absolute Gasteiger partial charge is 0.273 e. The Morgan fingerprint density at radius 1 is 1.14 bits per heavy atom. The van der Waals surface area contributed by atoms with E-state index in [9.17, 15) is 15.1 Å². The standard InChI is InChI=1S/C30H41N3O3/c1-4-23-12-13-25(34)17-27(23)26-14-16-31(18-22-9-10-22)20(2)8-11-24-19-32(21(3)29(24)26)30(35)28-7-5-6-15-33(28)36/h5-7,12-13,17,20-22,24,34,36H,4,8-11,14-16,18-19H2,1-3H3/b29-26+/t20?,21?,24-/m1/s1. The van der Waals surface area contributed by atoms with E-state index in [1.807, 2.05) is 23.1 Å². The van der Waals surface area contributed by atoms with Crippen LogP contribution in [0.1, 0.15) is 64.0 Å². The van der Waals surface area contributed by atoms with Crippen LogP contribution in [0.4, 0.5) is 0 Å². The molecule has 3 aliphatic heterocycles. The molecule has 5 rings (SSSR count). The van der Waals surface area contributed by atoms with Crippen LogP contribution < -0.4 is 0 Å². The molecule has 0 aromatic heterocycles. The molecule has 0 radical (unpaired) electrons. The molecule has 3 atom stereocenters. The first-order valence-electron chi connectivity index (χ1n) is 13.8. The van der Waals surface area contributed by atoms with Gasteiger partial charge in [-0.05, 0) is 98.8 Å². The van der Waals surface area contributed by atoms with Crippen LogP contribution in [0.3, 0.4) is 0 Å². The molecule has 2 N–H and O–H groups in total. The Kier molecular flexibility index (Phi) is 7.27. The van der Waals surface area contributed by atoms with Gasteiger partial charge < -0.3 is 14.9 Å².